The summed E-state index contributed by atoms with van der Waals surface area (Å²) in [4.78, 5) is 13.2. The Hall–Kier alpha value is -1.79. The standard InChI is InChI=1S/C12H19N3O3/c1-15(7-11(16)8-18-2)12(17)14-10-5-3-4-9(13)6-10/h3-6,11,16H,7-8,13H2,1-2H3,(H,14,17). The van der Waals surface area contributed by atoms with Crippen molar-refractivity contribution < 1.29 is 14.6 Å². The quantitative estimate of drug-likeness (QED) is 0.675. The number of ether oxygens (including phenoxy) is 1. The smallest absolute Gasteiger partial charge is 0.321 e. The average molecular weight is 253 g/mol. The zero-order chi connectivity index (χ0) is 13.5. The van der Waals surface area contributed by atoms with E-state index in [0.29, 0.717) is 11.4 Å². The van der Waals surface area contributed by atoms with E-state index in [4.69, 9.17) is 10.5 Å². The van der Waals surface area contributed by atoms with Gasteiger partial charge in [0, 0.05) is 25.5 Å². The van der Waals surface area contributed by atoms with Gasteiger partial charge in [-0.05, 0) is 18.2 Å². The Labute approximate surface area is 106 Å². The first kappa shape index (κ1) is 14.3. The molecule has 0 bridgehead atoms. The molecule has 6 heteroatoms. The summed E-state index contributed by atoms with van der Waals surface area (Å²) in [6.07, 6.45) is -0.702. The van der Waals surface area contributed by atoms with Crippen LogP contribution in [-0.4, -0.2) is 49.5 Å². The first-order chi connectivity index (χ1) is 8.52. The number of amides is 2. The molecule has 0 radical (unpaired) electrons. The van der Waals surface area contributed by atoms with E-state index in [9.17, 15) is 9.90 Å². The third-order valence-corrected chi connectivity index (χ3v) is 2.33. The van der Waals surface area contributed by atoms with Gasteiger partial charge in [0.25, 0.3) is 0 Å². The first-order valence-electron chi connectivity index (χ1n) is 5.57. The van der Waals surface area contributed by atoms with Crippen LogP contribution < -0.4 is 11.1 Å². The molecular weight excluding hydrogens is 234 g/mol. The Kier molecular flexibility index (Phi) is 5.41. The molecule has 0 aromatic heterocycles. The largest absolute Gasteiger partial charge is 0.399 e. The number of likely N-dealkylation sites (N-methyl/N-ethyl adjacent to an activating group) is 1. The van der Waals surface area contributed by atoms with Gasteiger partial charge in [-0.2, -0.15) is 0 Å². The number of methoxy groups -OCH3 is 1. The Morgan fingerprint density at radius 2 is 2.33 bits per heavy atom. The number of urea groups is 1. The number of hydrogen-bond acceptors (Lipinski definition) is 4. The van der Waals surface area contributed by atoms with Gasteiger partial charge >= 0.3 is 6.03 Å². The lowest BCUT2D eigenvalue weighted by molar-refractivity contribution is 0.0501. The molecule has 1 unspecified atom stereocenters. The maximum absolute atomic E-state index is 11.8. The molecule has 0 fully saturated rings. The van der Waals surface area contributed by atoms with Gasteiger partial charge < -0.3 is 25.8 Å². The summed E-state index contributed by atoms with van der Waals surface area (Å²) in [5.74, 6) is 0. The van der Waals surface area contributed by atoms with Crippen molar-refractivity contribution in [1.82, 2.24) is 4.90 Å². The molecule has 2 amide bonds. The number of nitrogens with zero attached hydrogens (tertiary/aromatic N) is 1. The van der Waals surface area contributed by atoms with Crippen LogP contribution in [0.1, 0.15) is 0 Å². The molecule has 4 N–H and O–H groups in total. The molecule has 0 heterocycles. The number of aliphatic hydroxyl groups is 1. The van der Waals surface area contributed by atoms with Crippen molar-refractivity contribution in [2.75, 3.05) is 38.4 Å². The number of benzene rings is 1. The summed E-state index contributed by atoms with van der Waals surface area (Å²) in [7, 11) is 3.09. The summed E-state index contributed by atoms with van der Waals surface area (Å²) in [6, 6.07) is 6.59. The van der Waals surface area contributed by atoms with Crippen LogP contribution in [0.2, 0.25) is 0 Å². The van der Waals surface area contributed by atoms with Gasteiger partial charge in [-0.15, -0.1) is 0 Å². The number of aliphatic hydroxyl groups excluding tert-OH is 1. The fourth-order valence-electron chi connectivity index (χ4n) is 1.48. The molecule has 18 heavy (non-hydrogen) atoms. The Balaban J connectivity index is 2.49. The highest BCUT2D eigenvalue weighted by Crippen LogP contribution is 2.12. The van der Waals surface area contributed by atoms with E-state index in [1.54, 1.807) is 31.3 Å². The van der Waals surface area contributed by atoms with Crippen LogP contribution >= 0.6 is 0 Å². The first-order valence-corrected chi connectivity index (χ1v) is 5.57. The Morgan fingerprint density at radius 3 is 2.94 bits per heavy atom. The van der Waals surface area contributed by atoms with E-state index in [0.717, 1.165) is 0 Å². The van der Waals surface area contributed by atoms with Crippen LogP contribution in [0.5, 0.6) is 0 Å². The van der Waals surface area contributed by atoms with Crippen LogP contribution in [0.15, 0.2) is 24.3 Å². The summed E-state index contributed by atoms with van der Waals surface area (Å²) >= 11 is 0. The van der Waals surface area contributed by atoms with Gasteiger partial charge in [0.05, 0.1) is 19.3 Å². The normalized spacial score (nSPS) is 11.9. The number of nitrogens with one attached hydrogen (secondary N) is 1. The number of nitrogen functional groups attached to an aromatic ring is 1. The molecule has 100 valence electrons. The van der Waals surface area contributed by atoms with Crippen molar-refractivity contribution in [3.05, 3.63) is 24.3 Å². The lowest BCUT2D eigenvalue weighted by Gasteiger charge is -2.21. The maximum atomic E-state index is 11.8. The highest BCUT2D eigenvalue weighted by Gasteiger charge is 2.13. The molecule has 1 aromatic carbocycles. The van der Waals surface area contributed by atoms with Crippen molar-refractivity contribution in [2.45, 2.75) is 6.10 Å². The fourth-order valence-corrected chi connectivity index (χ4v) is 1.48. The number of rotatable bonds is 5. The van der Waals surface area contributed by atoms with Crippen molar-refractivity contribution >= 4 is 17.4 Å². The van der Waals surface area contributed by atoms with Crippen LogP contribution in [-0.2, 0) is 4.74 Å². The zero-order valence-corrected chi connectivity index (χ0v) is 10.6. The van der Waals surface area contributed by atoms with Crippen molar-refractivity contribution in [1.29, 1.82) is 0 Å². The van der Waals surface area contributed by atoms with Gasteiger partial charge in [0.1, 0.15) is 0 Å². The SMILES string of the molecule is COCC(O)CN(C)C(=O)Nc1cccc(N)c1. The van der Waals surface area contributed by atoms with E-state index >= 15 is 0 Å². The summed E-state index contributed by atoms with van der Waals surface area (Å²) < 4.78 is 4.79. The van der Waals surface area contributed by atoms with Gasteiger partial charge in [-0.3, -0.25) is 0 Å². The zero-order valence-electron chi connectivity index (χ0n) is 10.6. The molecule has 0 aliphatic heterocycles. The molecule has 6 nitrogen and oxygen atoms in total. The monoisotopic (exact) mass is 253 g/mol. The number of carbonyl (C=O) groups excluding carboxylic acids is 1. The average Bonchev–Trinajstić information content (AvgIpc) is 2.29. The maximum Gasteiger partial charge on any atom is 0.321 e. The van der Waals surface area contributed by atoms with Gasteiger partial charge in [-0.25, -0.2) is 4.79 Å². The molecule has 0 aliphatic carbocycles. The minimum absolute atomic E-state index is 0.190. The summed E-state index contributed by atoms with van der Waals surface area (Å²) in [5.41, 5.74) is 6.81. The molecule has 0 spiro atoms. The summed E-state index contributed by atoms with van der Waals surface area (Å²) in [6.45, 7) is 0.387. The van der Waals surface area contributed by atoms with Crippen molar-refractivity contribution in [3.8, 4) is 0 Å². The van der Waals surface area contributed by atoms with Crippen LogP contribution in [0.3, 0.4) is 0 Å². The highest BCUT2D eigenvalue weighted by atomic mass is 16.5. The van der Waals surface area contributed by atoms with Gasteiger partial charge in [0.15, 0.2) is 0 Å². The fraction of sp³-hybridized carbons (Fsp3) is 0.417. The van der Waals surface area contributed by atoms with E-state index < -0.39 is 6.10 Å². The second kappa shape index (κ2) is 6.83. The van der Waals surface area contributed by atoms with E-state index in [1.165, 1.54) is 12.0 Å². The second-order valence-electron chi connectivity index (χ2n) is 4.05. The predicted octanol–water partition coefficient (Wildman–Crippen LogP) is 0.740. The number of nitrogens with two attached hydrogens (primary N) is 1. The molecule has 0 saturated heterocycles. The third-order valence-electron chi connectivity index (χ3n) is 2.33. The molecule has 1 aromatic rings. The molecule has 1 rings (SSSR count). The van der Waals surface area contributed by atoms with E-state index in [1.807, 2.05) is 0 Å². The lowest BCUT2D eigenvalue weighted by Crippen LogP contribution is -2.38. The van der Waals surface area contributed by atoms with Crippen LogP contribution in [0.4, 0.5) is 16.2 Å². The predicted molar refractivity (Wildman–Crippen MR) is 70.4 cm³/mol. The van der Waals surface area contributed by atoms with Crippen molar-refractivity contribution in [2.24, 2.45) is 0 Å². The number of anilines is 2. The second-order valence-corrected chi connectivity index (χ2v) is 4.05. The Bertz CT molecular complexity index is 398. The molecule has 1 atom stereocenters. The van der Waals surface area contributed by atoms with E-state index in [-0.39, 0.29) is 19.2 Å². The van der Waals surface area contributed by atoms with Crippen LogP contribution in [0, 0.1) is 0 Å². The number of carbonyl (C=O) groups is 1. The minimum atomic E-state index is -0.702. The summed E-state index contributed by atoms with van der Waals surface area (Å²) in [5, 5.41) is 12.2. The molecule has 0 aliphatic rings. The van der Waals surface area contributed by atoms with Crippen LogP contribution in [0.25, 0.3) is 0 Å². The topological polar surface area (TPSA) is 87.8 Å². The van der Waals surface area contributed by atoms with E-state index in [2.05, 4.69) is 5.32 Å². The van der Waals surface area contributed by atoms with Gasteiger partial charge in [-0.1, -0.05) is 6.07 Å². The minimum Gasteiger partial charge on any atom is -0.399 e. The third kappa shape index (κ3) is 4.60. The number of hydrogen-bond donors (Lipinski definition) is 3. The molecular formula is C12H19N3O3. The molecule has 0 saturated carbocycles. The Morgan fingerprint density at radius 1 is 1.61 bits per heavy atom. The lowest BCUT2D eigenvalue weighted by atomic mass is 10.3. The van der Waals surface area contributed by atoms with Crippen molar-refractivity contribution in [3.63, 3.8) is 0 Å². The highest BCUT2D eigenvalue weighted by molar-refractivity contribution is 5.89. The van der Waals surface area contributed by atoms with Gasteiger partial charge in [0.2, 0.25) is 0 Å².